The number of esters is 1. The molecule has 0 saturated carbocycles. The fourth-order valence-electron chi connectivity index (χ4n) is 2.06. The number of carboxylic acid groups (broad SMARTS) is 2. The number of aliphatic imine (C=N–C) groups is 1. The smallest absolute Gasteiger partial charge is 0.311 e. The van der Waals surface area contributed by atoms with Crippen LogP contribution in [0.4, 0.5) is 0 Å². The fraction of sp³-hybridized carbons (Fsp3) is 0.636. The molecule has 2 N–H and O–H groups in total. The second kappa shape index (κ2) is 6.13. The lowest BCUT2D eigenvalue weighted by atomic mass is 9.82. The third-order valence-corrected chi connectivity index (χ3v) is 2.92. The number of hydrogen-bond donors (Lipinski definition) is 2. The van der Waals surface area contributed by atoms with E-state index in [1.807, 2.05) is 0 Å². The molecule has 0 aromatic carbocycles. The van der Waals surface area contributed by atoms with Gasteiger partial charge in [-0.3, -0.25) is 19.4 Å². The summed E-state index contributed by atoms with van der Waals surface area (Å²) in [6, 6.07) is -0.875. The molecule has 0 saturated heterocycles. The van der Waals surface area contributed by atoms with Crippen LogP contribution in [0.3, 0.4) is 0 Å². The van der Waals surface area contributed by atoms with Gasteiger partial charge in [0.05, 0.1) is 31.4 Å². The number of carbonyl (C=O) groups excluding carboxylic acids is 1. The van der Waals surface area contributed by atoms with Crippen LogP contribution < -0.4 is 0 Å². The van der Waals surface area contributed by atoms with E-state index < -0.39 is 42.2 Å². The van der Waals surface area contributed by atoms with Crippen LogP contribution in [0.2, 0.25) is 0 Å². The molecule has 0 spiro atoms. The van der Waals surface area contributed by atoms with Gasteiger partial charge in [-0.25, -0.2) is 0 Å². The maximum Gasteiger partial charge on any atom is 0.311 e. The Kier molecular flexibility index (Phi) is 4.82. The summed E-state index contributed by atoms with van der Waals surface area (Å²) in [5, 5.41) is 17.8. The summed E-state index contributed by atoms with van der Waals surface area (Å²) in [6.45, 7) is 0. The third-order valence-electron chi connectivity index (χ3n) is 2.92. The largest absolute Gasteiger partial charge is 0.481 e. The maximum absolute atomic E-state index is 11.6. The summed E-state index contributed by atoms with van der Waals surface area (Å²) < 4.78 is 4.53. The molecule has 7 heteroatoms. The van der Waals surface area contributed by atoms with Crippen molar-refractivity contribution in [3.63, 3.8) is 0 Å². The Morgan fingerprint density at radius 2 is 2.11 bits per heavy atom. The van der Waals surface area contributed by atoms with Gasteiger partial charge < -0.3 is 14.9 Å². The summed E-state index contributed by atoms with van der Waals surface area (Å²) in [5.41, 5.74) is 0. The number of rotatable bonds is 5. The van der Waals surface area contributed by atoms with Gasteiger partial charge >= 0.3 is 17.9 Å². The van der Waals surface area contributed by atoms with E-state index in [4.69, 9.17) is 10.2 Å². The van der Waals surface area contributed by atoms with Crippen LogP contribution in [0.5, 0.6) is 0 Å². The Balaban J connectivity index is 2.97. The zero-order chi connectivity index (χ0) is 13.7. The molecule has 7 nitrogen and oxygen atoms in total. The van der Waals surface area contributed by atoms with Crippen LogP contribution in [0.15, 0.2) is 4.99 Å². The van der Waals surface area contributed by atoms with Crippen LogP contribution in [0.1, 0.15) is 19.3 Å². The summed E-state index contributed by atoms with van der Waals surface area (Å²) in [7, 11) is 1.14. The first-order valence-electron chi connectivity index (χ1n) is 5.51. The second-order valence-electron chi connectivity index (χ2n) is 4.07. The summed E-state index contributed by atoms with van der Waals surface area (Å²) in [4.78, 5) is 37.4. The fourth-order valence-corrected chi connectivity index (χ4v) is 2.06. The molecule has 3 unspecified atom stereocenters. The first-order chi connectivity index (χ1) is 8.47. The molecule has 0 amide bonds. The van der Waals surface area contributed by atoms with Gasteiger partial charge in [-0.15, -0.1) is 0 Å². The zero-order valence-corrected chi connectivity index (χ0v) is 9.91. The highest BCUT2D eigenvalue weighted by molar-refractivity contribution is 5.82. The van der Waals surface area contributed by atoms with E-state index in [9.17, 15) is 14.4 Å². The van der Waals surface area contributed by atoms with Gasteiger partial charge in [0.2, 0.25) is 0 Å². The minimum Gasteiger partial charge on any atom is -0.481 e. The quantitative estimate of drug-likeness (QED) is 0.679. The Hall–Kier alpha value is -1.92. The van der Waals surface area contributed by atoms with E-state index in [-0.39, 0.29) is 0 Å². The average Bonchev–Trinajstić information content (AvgIpc) is 2.34. The maximum atomic E-state index is 11.6. The van der Waals surface area contributed by atoms with Crippen LogP contribution in [0.25, 0.3) is 0 Å². The third kappa shape index (κ3) is 3.28. The van der Waals surface area contributed by atoms with E-state index >= 15 is 0 Å². The Morgan fingerprint density at radius 1 is 1.44 bits per heavy atom. The van der Waals surface area contributed by atoms with Gasteiger partial charge in [0, 0.05) is 0 Å². The van der Waals surface area contributed by atoms with Crippen molar-refractivity contribution >= 4 is 24.1 Å². The van der Waals surface area contributed by atoms with Gasteiger partial charge in [0.25, 0.3) is 0 Å². The molecule has 0 bridgehead atoms. The SMILES string of the molecule is COC(=O)C(CC(=O)O)C1N=CCCC1C(=O)O. The summed E-state index contributed by atoms with van der Waals surface area (Å²) in [5.74, 6) is -4.91. The van der Waals surface area contributed by atoms with Crippen molar-refractivity contribution in [1.29, 1.82) is 0 Å². The predicted octanol–water partition coefficient (Wildman–Crippen LogP) is 0.184. The van der Waals surface area contributed by atoms with Gasteiger partial charge in [0.1, 0.15) is 0 Å². The van der Waals surface area contributed by atoms with Crippen LogP contribution in [-0.2, 0) is 19.1 Å². The highest BCUT2D eigenvalue weighted by atomic mass is 16.5. The minimum absolute atomic E-state index is 0.344. The van der Waals surface area contributed by atoms with E-state index in [1.54, 1.807) is 0 Å². The van der Waals surface area contributed by atoms with E-state index in [0.29, 0.717) is 12.8 Å². The van der Waals surface area contributed by atoms with Crippen molar-refractivity contribution in [2.24, 2.45) is 16.8 Å². The summed E-state index contributed by atoms with van der Waals surface area (Å²) >= 11 is 0. The second-order valence-corrected chi connectivity index (χ2v) is 4.07. The van der Waals surface area contributed by atoms with Crippen molar-refractivity contribution in [3.8, 4) is 0 Å². The van der Waals surface area contributed by atoms with Gasteiger partial charge in [0.15, 0.2) is 0 Å². The molecule has 1 rings (SSSR count). The lowest BCUT2D eigenvalue weighted by Gasteiger charge is -2.28. The average molecular weight is 257 g/mol. The predicted molar refractivity (Wildman–Crippen MR) is 60.4 cm³/mol. The highest BCUT2D eigenvalue weighted by Gasteiger charge is 2.40. The van der Waals surface area contributed by atoms with Crippen LogP contribution in [-0.4, -0.2) is 47.5 Å². The molecule has 18 heavy (non-hydrogen) atoms. The van der Waals surface area contributed by atoms with Crippen molar-refractivity contribution in [3.05, 3.63) is 0 Å². The van der Waals surface area contributed by atoms with Crippen LogP contribution in [0, 0.1) is 11.8 Å². The molecule has 1 aliphatic rings. The standard InChI is InChI=1S/C11H15NO6/c1-18-11(17)7(5-8(13)14)9-6(10(15)16)3-2-4-12-9/h4,6-7,9H,2-3,5H2,1H3,(H,13,14)(H,15,16). The minimum atomic E-state index is -1.18. The van der Waals surface area contributed by atoms with E-state index in [0.717, 1.165) is 7.11 Å². The number of nitrogens with zero attached hydrogens (tertiary/aromatic N) is 1. The zero-order valence-electron chi connectivity index (χ0n) is 9.91. The van der Waals surface area contributed by atoms with E-state index in [1.165, 1.54) is 6.21 Å². The first kappa shape index (κ1) is 14.1. The molecule has 0 aromatic rings. The Bertz CT molecular complexity index is 378. The molecule has 1 aliphatic heterocycles. The molecular formula is C11H15NO6. The molecule has 3 atom stereocenters. The molecule has 0 fully saturated rings. The molecule has 0 radical (unpaired) electrons. The highest BCUT2D eigenvalue weighted by Crippen LogP contribution is 2.28. The van der Waals surface area contributed by atoms with E-state index in [2.05, 4.69) is 9.73 Å². The Morgan fingerprint density at radius 3 is 2.61 bits per heavy atom. The Labute approximate surface area is 103 Å². The molecule has 1 heterocycles. The first-order valence-corrected chi connectivity index (χ1v) is 5.51. The summed E-state index contributed by atoms with van der Waals surface area (Å²) in [6.07, 6.45) is 1.89. The number of aliphatic carboxylic acids is 2. The van der Waals surface area contributed by atoms with Gasteiger partial charge in [-0.2, -0.15) is 0 Å². The van der Waals surface area contributed by atoms with Crippen molar-refractivity contribution in [2.75, 3.05) is 7.11 Å². The molecule has 0 aliphatic carbocycles. The molecule has 0 aromatic heterocycles. The van der Waals surface area contributed by atoms with Gasteiger partial charge in [-0.1, -0.05) is 0 Å². The molecular weight excluding hydrogens is 242 g/mol. The van der Waals surface area contributed by atoms with Gasteiger partial charge in [-0.05, 0) is 19.1 Å². The topological polar surface area (TPSA) is 113 Å². The van der Waals surface area contributed by atoms with Crippen molar-refractivity contribution in [2.45, 2.75) is 25.3 Å². The number of carboxylic acids is 2. The molecule has 100 valence electrons. The number of hydrogen-bond acceptors (Lipinski definition) is 5. The van der Waals surface area contributed by atoms with Crippen molar-refractivity contribution in [1.82, 2.24) is 0 Å². The lowest BCUT2D eigenvalue weighted by Crippen LogP contribution is -2.40. The number of carbonyl (C=O) groups is 3. The van der Waals surface area contributed by atoms with Crippen LogP contribution >= 0.6 is 0 Å². The normalized spacial score (nSPS) is 24.3. The number of ether oxygens (including phenoxy) is 1. The number of methoxy groups -OCH3 is 1. The van der Waals surface area contributed by atoms with Crippen molar-refractivity contribution < 1.29 is 29.3 Å². The monoisotopic (exact) mass is 257 g/mol. The lowest BCUT2D eigenvalue weighted by molar-refractivity contribution is -0.154.